The Morgan fingerprint density at radius 2 is 2.19 bits per heavy atom. The molecule has 88 valence electrons. The molecule has 0 aliphatic carbocycles. The minimum Gasteiger partial charge on any atom is -0.375 e. The average molecular weight is 221 g/mol. The summed E-state index contributed by atoms with van der Waals surface area (Å²) in [4.78, 5) is 8.00. The van der Waals surface area contributed by atoms with Gasteiger partial charge in [0.05, 0.1) is 5.60 Å². The largest absolute Gasteiger partial charge is 0.375 e. The summed E-state index contributed by atoms with van der Waals surface area (Å²) in [6.45, 7) is 5.97. The zero-order valence-electron chi connectivity index (χ0n) is 9.94. The van der Waals surface area contributed by atoms with Crippen LogP contribution in [0.4, 0.5) is 0 Å². The Morgan fingerprint density at radius 1 is 1.44 bits per heavy atom. The molecule has 2 heterocycles. The van der Waals surface area contributed by atoms with Crippen molar-refractivity contribution in [3.8, 4) is 0 Å². The highest BCUT2D eigenvalue weighted by atomic mass is 16.5. The lowest BCUT2D eigenvalue weighted by Gasteiger charge is -2.36. The molecule has 1 unspecified atom stereocenters. The van der Waals surface area contributed by atoms with Gasteiger partial charge in [0.2, 0.25) is 0 Å². The van der Waals surface area contributed by atoms with Crippen LogP contribution in [0.1, 0.15) is 32.3 Å². The van der Waals surface area contributed by atoms with Crippen LogP contribution in [-0.2, 0) is 11.3 Å². The molecule has 0 aromatic carbocycles. The third-order valence-corrected chi connectivity index (χ3v) is 2.91. The van der Waals surface area contributed by atoms with Crippen molar-refractivity contribution in [1.29, 1.82) is 0 Å². The maximum Gasteiger partial charge on any atom is 0.115 e. The van der Waals surface area contributed by atoms with Crippen molar-refractivity contribution in [3.05, 3.63) is 24.3 Å². The Hall–Kier alpha value is -1.00. The SMILES string of the molecule is CC1(C)CC(NCc2cncnc2)CCO1. The fourth-order valence-corrected chi connectivity index (χ4v) is 2.09. The highest BCUT2D eigenvalue weighted by Crippen LogP contribution is 2.23. The van der Waals surface area contributed by atoms with Crippen LogP contribution in [0.2, 0.25) is 0 Å². The van der Waals surface area contributed by atoms with E-state index in [2.05, 4.69) is 29.1 Å². The molecule has 1 fully saturated rings. The van der Waals surface area contributed by atoms with Crippen LogP contribution in [0.25, 0.3) is 0 Å². The summed E-state index contributed by atoms with van der Waals surface area (Å²) in [6.07, 6.45) is 7.40. The Labute approximate surface area is 96.4 Å². The molecule has 1 saturated heterocycles. The van der Waals surface area contributed by atoms with E-state index in [0.717, 1.165) is 31.6 Å². The van der Waals surface area contributed by atoms with E-state index in [1.54, 1.807) is 6.33 Å². The molecule has 1 aliphatic heterocycles. The van der Waals surface area contributed by atoms with Gasteiger partial charge in [-0.3, -0.25) is 0 Å². The van der Waals surface area contributed by atoms with Crippen molar-refractivity contribution in [2.75, 3.05) is 6.61 Å². The molecule has 2 rings (SSSR count). The van der Waals surface area contributed by atoms with Gasteiger partial charge in [0.25, 0.3) is 0 Å². The number of rotatable bonds is 3. The van der Waals surface area contributed by atoms with Crippen LogP contribution in [-0.4, -0.2) is 28.2 Å². The number of hydrogen-bond donors (Lipinski definition) is 1. The van der Waals surface area contributed by atoms with Gasteiger partial charge in [-0.15, -0.1) is 0 Å². The third kappa shape index (κ3) is 3.25. The van der Waals surface area contributed by atoms with Crippen molar-refractivity contribution < 1.29 is 4.74 Å². The molecular formula is C12H19N3O. The molecule has 0 amide bonds. The average Bonchev–Trinajstić information content (AvgIpc) is 2.27. The van der Waals surface area contributed by atoms with Crippen molar-refractivity contribution in [2.45, 2.75) is 44.9 Å². The van der Waals surface area contributed by atoms with E-state index in [1.807, 2.05) is 12.4 Å². The Morgan fingerprint density at radius 3 is 2.88 bits per heavy atom. The van der Waals surface area contributed by atoms with E-state index in [0.29, 0.717) is 6.04 Å². The minimum atomic E-state index is 0.00308. The summed E-state index contributed by atoms with van der Waals surface area (Å²) in [6, 6.07) is 0.531. The quantitative estimate of drug-likeness (QED) is 0.840. The van der Waals surface area contributed by atoms with Crippen LogP contribution in [0, 0.1) is 0 Å². The summed E-state index contributed by atoms with van der Waals surface area (Å²) in [7, 11) is 0. The molecule has 1 N–H and O–H groups in total. The summed E-state index contributed by atoms with van der Waals surface area (Å²) in [5.74, 6) is 0. The fraction of sp³-hybridized carbons (Fsp3) is 0.667. The van der Waals surface area contributed by atoms with Crippen LogP contribution in [0.5, 0.6) is 0 Å². The van der Waals surface area contributed by atoms with Gasteiger partial charge in [-0.2, -0.15) is 0 Å². The van der Waals surface area contributed by atoms with Crippen LogP contribution in [0.15, 0.2) is 18.7 Å². The monoisotopic (exact) mass is 221 g/mol. The first-order valence-electron chi connectivity index (χ1n) is 5.77. The van der Waals surface area contributed by atoms with E-state index in [1.165, 1.54) is 0 Å². The second kappa shape index (κ2) is 4.89. The van der Waals surface area contributed by atoms with Gasteiger partial charge in [-0.25, -0.2) is 9.97 Å². The third-order valence-electron chi connectivity index (χ3n) is 2.91. The molecule has 0 radical (unpaired) electrons. The van der Waals surface area contributed by atoms with E-state index >= 15 is 0 Å². The van der Waals surface area contributed by atoms with E-state index in [9.17, 15) is 0 Å². The van der Waals surface area contributed by atoms with Gasteiger partial charge >= 0.3 is 0 Å². The van der Waals surface area contributed by atoms with Crippen molar-refractivity contribution in [3.63, 3.8) is 0 Å². The first-order valence-corrected chi connectivity index (χ1v) is 5.77. The number of ether oxygens (including phenoxy) is 1. The molecule has 1 aromatic heterocycles. The number of hydrogen-bond acceptors (Lipinski definition) is 4. The van der Waals surface area contributed by atoms with Gasteiger partial charge in [0.1, 0.15) is 6.33 Å². The van der Waals surface area contributed by atoms with Gasteiger partial charge < -0.3 is 10.1 Å². The number of nitrogens with zero attached hydrogens (tertiary/aromatic N) is 2. The van der Waals surface area contributed by atoms with Gasteiger partial charge in [-0.05, 0) is 26.7 Å². The molecule has 4 heteroatoms. The molecule has 16 heavy (non-hydrogen) atoms. The van der Waals surface area contributed by atoms with Crippen molar-refractivity contribution in [1.82, 2.24) is 15.3 Å². The van der Waals surface area contributed by atoms with Crippen molar-refractivity contribution >= 4 is 0 Å². The standard InChI is InChI=1S/C12H19N3O/c1-12(2)5-11(3-4-16-12)15-8-10-6-13-9-14-7-10/h6-7,9,11,15H,3-5,8H2,1-2H3. The molecule has 1 atom stereocenters. The summed E-state index contributed by atoms with van der Waals surface area (Å²) < 4.78 is 5.68. The van der Waals surface area contributed by atoms with Crippen LogP contribution < -0.4 is 5.32 Å². The minimum absolute atomic E-state index is 0.00308. The lowest BCUT2D eigenvalue weighted by Crippen LogP contribution is -2.43. The summed E-state index contributed by atoms with van der Waals surface area (Å²) in [5, 5.41) is 3.53. The molecule has 0 spiro atoms. The highest BCUT2D eigenvalue weighted by molar-refractivity contribution is 5.02. The lowest BCUT2D eigenvalue weighted by molar-refractivity contribution is -0.0630. The number of aromatic nitrogens is 2. The van der Waals surface area contributed by atoms with E-state index in [4.69, 9.17) is 4.74 Å². The molecule has 1 aliphatic rings. The van der Waals surface area contributed by atoms with Crippen LogP contribution >= 0.6 is 0 Å². The Balaban J connectivity index is 1.82. The fourth-order valence-electron chi connectivity index (χ4n) is 2.09. The predicted octanol–water partition coefficient (Wildman–Crippen LogP) is 1.52. The normalized spacial score (nSPS) is 24.2. The van der Waals surface area contributed by atoms with Gasteiger partial charge in [0.15, 0.2) is 0 Å². The summed E-state index contributed by atoms with van der Waals surface area (Å²) >= 11 is 0. The maximum absolute atomic E-state index is 5.68. The van der Waals surface area contributed by atoms with E-state index in [-0.39, 0.29) is 5.60 Å². The first kappa shape index (κ1) is 11.5. The molecular weight excluding hydrogens is 202 g/mol. The number of nitrogens with one attached hydrogen (secondary N) is 1. The second-order valence-corrected chi connectivity index (χ2v) is 4.93. The Bertz CT molecular complexity index is 326. The smallest absolute Gasteiger partial charge is 0.115 e. The predicted molar refractivity (Wildman–Crippen MR) is 61.9 cm³/mol. The second-order valence-electron chi connectivity index (χ2n) is 4.93. The summed E-state index contributed by atoms with van der Waals surface area (Å²) in [5.41, 5.74) is 1.13. The zero-order chi connectivity index (χ0) is 11.4. The van der Waals surface area contributed by atoms with Crippen LogP contribution in [0.3, 0.4) is 0 Å². The zero-order valence-corrected chi connectivity index (χ0v) is 9.94. The topological polar surface area (TPSA) is 47.0 Å². The lowest BCUT2D eigenvalue weighted by atomic mass is 9.94. The van der Waals surface area contributed by atoms with Gasteiger partial charge in [-0.1, -0.05) is 0 Å². The van der Waals surface area contributed by atoms with Crippen molar-refractivity contribution in [2.24, 2.45) is 0 Å². The molecule has 0 bridgehead atoms. The van der Waals surface area contributed by atoms with E-state index < -0.39 is 0 Å². The molecule has 0 saturated carbocycles. The molecule has 1 aromatic rings. The van der Waals surface area contributed by atoms with Gasteiger partial charge in [0, 0.05) is 37.2 Å². The first-order chi connectivity index (χ1) is 7.66. The maximum atomic E-state index is 5.68. The molecule has 4 nitrogen and oxygen atoms in total. The Kier molecular flexibility index (Phi) is 3.51. The highest BCUT2D eigenvalue weighted by Gasteiger charge is 2.28.